The molecule has 88 valence electrons. The molecule has 0 saturated heterocycles. The molecule has 0 aliphatic carbocycles. The van der Waals surface area contributed by atoms with Crippen molar-refractivity contribution in [3.63, 3.8) is 0 Å². The zero-order valence-corrected chi connectivity index (χ0v) is 9.80. The largest absolute Gasteiger partial charge is 0.345 e. The number of aromatic nitrogens is 1. The van der Waals surface area contributed by atoms with Crippen LogP contribution in [0, 0.1) is 0 Å². The summed E-state index contributed by atoms with van der Waals surface area (Å²) in [5.41, 5.74) is 4.91. The molecule has 0 aliphatic rings. The Kier molecular flexibility index (Phi) is 4.31. The number of rotatable bonds is 4. The van der Waals surface area contributed by atoms with E-state index in [4.69, 9.17) is 5.73 Å². The standard InChI is InChI=1S/C9H10BrF2N3O/c10-6-1-2-7(14-3-6)8(16)15-5-9(11,12)4-13/h1-3H,4-5,13H2,(H,15,16). The van der Waals surface area contributed by atoms with Crippen molar-refractivity contribution in [2.24, 2.45) is 5.73 Å². The van der Waals surface area contributed by atoms with Crippen molar-refractivity contribution in [2.75, 3.05) is 13.1 Å². The lowest BCUT2D eigenvalue weighted by Crippen LogP contribution is -2.41. The van der Waals surface area contributed by atoms with E-state index in [2.05, 4.69) is 26.2 Å². The maximum absolute atomic E-state index is 12.7. The SMILES string of the molecule is NCC(F)(F)CNC(=O)c1ccc(Br)cn1. The molecule has 16 heavy (non-hydrogen) atoms. The molecule has 1 heterocycles. The number of carbonyl (C=O) groups excluding carboxylic acids is 1. The van der Waals surface area contributed by atoms with Crippen LogP contribution in [0.15, 0.2) is 22.8 Å². The van der Waals surface area contributed by atoms with E-state index in [1.807, 2.05) is 0 Å². The third-order valence-corrected chi connectivity index (χ3v) is 2.24. The van der Waals surface area contributed by atoms with Crippen molar-refractivity contribution >= 4 is 21.8 Å². The molecule has 0 atom stereocenters. The van der Waals surface area contributed by atoms with Gasteiger partial charge in [-0.25, -0.2) is 13.8 Å². The molecule has 0 radical (unpaired) electrons. The first-order chi connectivity index (χ1) is 7.44. The minimum Gasteiger partial charge on any atom is -0.345 e. The van der Waals surface area contributed by atoms with Crippen LogP contribution in [0.3, 0.4) is 0 Å². The van der Waals surface area contributed by atoms with Crippen molar-refractivity contribution in [1.29, 1.82) is 0 Å². The Bertz CT molecular complexity index is 370. The molecule has 0 bridgehead atoms. The molecular formula is C9H10BrF2N3O. The topological polar surface area (TPSA) is 68.0 Å². The molecular weight excluding hydrogens is 284 g/mol. The number of halogens is 3. The van der Waals surface area contributed by atoms with Crippen molar-refractivity contribution in [2.45, 2.75) is 5.92 Å². The summed E-state index contributed by atoms with van der Waals surface area (Å²) in [6, 6.07) is 3.03. The molecule has 3 N–H and O–H groups in total. The second kappa shape index (κ2) is 5.31. The van der Waals surface area contributed by atoms with Crippen LogP contribution in [0.25, 0.3) is 0 Å². The fourth-order valence-electron chi connectivity index (χ4n) is 0.882. The van der Waals surface area contributed by atoms with E-state index in [0.717, 1.165) is 0 Å². The highest BCUT2D eigenvalue weighted by atomic mass is 79.9. The van der Waals surface area contributed by atoms with Gasteiger partial charge in [-0.15, -0.1) is 0 Å². The van der Waals surface area contributed by atoms with E-state index < -0.39 is 24.9 Å². The maximum Gasteiger partial charge on any atom is 0.277 e. The lowest BCUT2D eigenvalue weighted by Gasteiger charge is -2.14. The van der Waals surface area contributed by atoms with Gasteiger partial charge >= 0.3 is 0 Å². The van der Waals surface area contributed by atoms with Gasteiger partial charge in [0.15, 0.2) is 0 Å². The van der Waals surface area contributed by atoms with Gasteiger partial charge in [-0.1, -0.05) is 0 Å². The van der Waals surface area contributed by atoms with E-state index in [1.54, 1.807) is 6.07 Å². The van der Waals surface area contributed by atoms with E-state index in [-0.39, 0.29) is 5.69 Å². The van der Waals surface area contributed by atoms with Crippen LogP contribution in [0.4, 0.5) is 8.78 Å². The molecule has 0 spiro atoms. The number of carbonyl (C=O) groups is 1. The van der Waals surface area contributed by atoms with Gasteiger partial charge in [-0.05, 0) is 28.1 Å². The van der Waals surface area contributed by atoms with Crippen LogP contribution in [-0.4, -0.2) is 29.9 Å². The average molecular weight is 294 g/mol. The van der Waals surface area contributed by atoms with Crippen LogP contribution in [0.5, 0.6) is 0 Å². The van der Waals surface area contributed by atoms with Crippen molar-refractivity contribution in [3.8, 4) is 0 Å². The van der Waals surface area contributed by atoms with Crippen molar-refractivity contribution < 1.29 is 13.6 Å². The summed E-state index contributed by atoms with van der Waals surface area (Å²) < 4.78 is 26.2. The Morgan fingerprint density at radius 3 is 2.75 bits per heavy atom. The Balaban J connectivity index is 2.56. The quantitative estimate of drug-likeness (QED) is 0.876. The average Bonchev–Trinajstić information content (AvgIpc) is 2.27. The molecule has 0 saturated carbocycles. The lowest BCUT2D eigenvalue weighted by atomic mass is 10.3. The smallest absolute Gasteiger partial charge is 0.277 e. The summed E-state index contributed by atoms with van der Waals surface area (Å²) in [5.74, 6) is -3.74. The maximum atomic E-state index is 12.7. The normalized spacial score (nSPS) is 11.2. The Hall–Kier alpha value is -1.08. The molecule has 0 fully saturated rings. The Labute approximate surface area is 99.4 Å². The molecule has 1 rings (SSSR count). The monoisotopic (exact) mass is 293 g/mol. The first-order valence-corrected chi connectivity index (χ1v) is 5.21. The third kappa shape index (κ3) is 3.82. The number of nitrogens with two attached hydrogens (primary N) is 1. The second-order valence-corrected chi connectivity index (χ2v) is 4.02. The van der Waals surface area contributed by atoms with Gasteiger partial charge < -0.3 is 11.1 Å². The molecule has 0 unspecified atom stereocenters. The zero-order chi connectivity index (χ0) is 12.2. The van der Waals surface area contributed by atoms with Crippen LogP contribution in [0.1, 0.15) is 10.5 Å². The predicted molar refractivity (Wildman–Crippen MR) is 58.3 cm³/mol. The van der Waals surface area contributed by atoms with Crippen LogP contribution >= 0.6 is 15.9 Å². The van der Waals surface area contributed by atoms with Gasteiger partial charge in [0.05, 0.1) is 13.1 Å². The number of alkyl halides is 2. The molecule has 4 nitrogen and oxygen atoms in total. The summed E-state index contributed by atoms with van der Waals surface area (Å²) in [7, 11) is 0. The highest BCUT2D eigenvalue weighted by molar-refractivity contribution is 9.10. The van der Waals surface area contributed by atoms with Gasteiger partial charge in [0.2, 0.25) is 0 Å². The number of pyridine rings is 1. The summed E-state index contributed by atoms with van der Waals surface area (Å²) in [6.07, 6.45) is 1.41. The van der Waals surface area contributed by atoms with Gasteiger partial charge in [-0.3, -0.25) is 4.79 Å². The molecule has 1 amide bonds. The second-order valence-electron chi connectivity index (χ2n) is 3.10. The molecule has 1 aromatic rings. The van der Waals surface area contributed by atoms with E-state index in [1.165, 1.54) is 12.3 Å². The number of nitrogens with one attached hydrogen (secondary N) is 1. The van der Waals surface area contributed by atoms with Crippen LogP contribution in [-0.2, 0) is 0 Å². The van der Waals surface area contributed by atoms with E-state index in [0.29, 0.717) is 4.47 Å². The Morgan fingerprint density at radius 2 is 2.25 bits per heavy atom. The highest BCUT2D eigenvalue weighted by Crippen LogP contribution is 2.10. The van der Waals surface area contributed by atoms with Crippen molar-refractivity contribution in [1.82, 2.24) is 10.3 Å². The molecule has 0 aromatic carbocycles. The first kappa shape index (κ1) is 13.0. The summed E-state index contributed by atoms with van der Waals surface area (Å²) in [4.78, 5) is 15.1. The summed E-state index contributed by atoms with van der Waals surface area (Å²) in [6.45, 7) is -1.60. The minimum atomic E-state index is -3.09. The zero-order valence-electron chi connectivity index (χ0n) is 8.21. The highest BCUT2D eigenvalue weighted by Gasteiger charge is 2.27. The summed E-state index contributed by atoms with van der Waals surface area (Å²) >= 11 is 3.15. The minimum absolute atomic E-state index is 0.0796. The number of hydrogen-bond acceptors (Lipinski definition) is 3. The number of amides is 1. The van der Waals surface area contributed by atoms with Gasteiger partial charge in [0.25, 0.3) is 11.8 Å². The van der Waals surface area contributed by atoms with Gasteiger partial charge in [0, 0.05) is 10.7 Å². The summed E-state index contributed by atoms with van der Waals surface area (Å²) in [5, 5.41) is 2.06. The van der Waals surface area contributed by atoms with Gasteiger partial charge in [0.1, 0.15) is 5.69 Å². The van der Waals surface area contributed by atoms with Gasteiger partial charge in [-0.2, -0.15) is 0 Å². The van der Waals surface area contributed by atoms with Crippen LogP contribution in [0.2, 0.25) is 0 Å². The van der Waals surface area contributed by atoms with E-state index in [9.17, 15) is 13.6 Å². The third-order valence-electron chi connectivity index (χ3n) is 1.77. The number of nitrogens with zero attached hydrogens (tertiary/aromatic N) is 1. The molecule has 1 aromatic heterocycles. The first-order valence-electron chi connectivity index (χ1n) is 4.42. The van der Waals surface area contributed by atoms with E-state index >= 15 is 0 Å². The lowest BCUT2D eigenvalue weighted by molar-refractivity contribution is 0.0118. The molecule has 0 aliphatic heterocycles. The fourth-order valence-corrected chi connectivity index (χ4v) is 1.12. The fraction of sp³-hybridized carbons (Fsp3) is 0.333. The molecule has 7 heteroatoms. The van der Waals surface area contributed by atoms with Crippen molar-refractivity contribution in [3.05, 3.63) is 28.5 Å². The van der Waals surface area contributed by atoms with Crippen LogP contribution < -0.4 is 11.1 Å². The predicted octanol–water partition coefficient (Wildman–Crippen LogP) is 1.17. The Morgan fingerprint density at radius 1 is 1.56 bits per heavy atom. The number of hydrogen-bond donors (Lipinski definition) is 2.